The molecule has 2 N–H and O–H groups in total. The number of aryl methyl sites for hydroxylation is 1. The number of nitrogens with one attached hydrogen (secondary N) is 2. The highest BCUT2D eigenvalue weighted by molar-refractivity contribution is 7.89. The van der Waals surface area contributed by atoms with Crippen molar-refractivity contribution in [1.82, 2.24) is 14.9 Å². The summed E-state index contributed by atoms with van der Waals surface area (Å²) in [4.78, 5) is 2.26. The van der Waals surface area contributed by atoms with Crippen LogP contribution in [0.3, 0.4) is 0 Å². The van der Waals surface area contributed by atoms with Crippen molar-refractivity contribution in [1.29, 1.82) is 0 Å². The van der Waals surface area contributed by atoms with Gasteiger partial charge in [-0.15, -0.1) is 0 Å². The minimum atomic E-state index is -3.49. The predicted molar refractivity (Wildman–Crippen MR) is 74.6 cm³/mol. The molecule has 1 aromatic rings. The number of rotatable bonds is 8. The number of sulfonamides is 1. The molecule has 1 heterocycles. The van der Waals surface area contributed by atoms with E-state index in [1.165, 1.54) is 0 Å². The van der Waals surface area contributed by atoms with E-state index in [1.54, 1.807) is 20.0 Å². The van der Waals surface area contributed by atoms with Gasteiger partial charge in [-0.25, -0.2) is 13.1 Å². The third kappa shape index (κ3) is 4.61. The topological polar surface area (TPSA) is 74.6 Å². The lowest BCUT2D eigenvalue weighted by Gasteiger charge is -2.13. The smallest absolute Gasteiger partial charge is 0.244 e. The SMILES string of the molecule is CCN(C)CCNS(=O)(=O)c1cc(CNC)oc1C. The molecule has 0 radical (unpaired) electrons. The van der Waals surface area contributed by atoms with E-state index in [1.807, 2.05) is 18.9 Å². The molecule has 0 spiro atoms. The van der Waals surface area contributed by atoms with Crippen molar-refractivity contribution in [3.63, 3.8) is 0 Å². The zero-order chi connectivity index (χ0) is 14.5. The lowest BCUT2D eigenvalue weighted by Crippen LogP contribution is -2.33. The second-order valence-electron chi connectivity index (χ2n) is 4.46. The van der Waals surface area contributed by atoms with Gasteiger partial charge in [-0.05, 0) is 27.6 Å². The second kappa shape index (κ2) is 7.04. The highest BCUT2D eigenvalue weighted by atomic mass is 32.2. The molecule has 110 valence electrons. The Morgan fingerprint density at radius 3 is 2.68 bits per heavy atom. The maximum atomic E-state index is 12.1. The van der Waals surface area contributed by atoms with Gasteiger partial charge in [-0.2, -0.15) is 0 Å². The minimum Gasteiger partial charge on any atom is -0.464 e. The molecule has 0 bridgehead atoms. The van der Waals surface area contributed by atoms with Crippen molar-refractivity contribution in [3.05, 3.63) is 17.6 Å². The van der Waals surface area contributed by atoms with E-state index >= 15 is 0 Å². The molecule has 0 saturated carbocycles. The molecule has 0 aliphatic carbocycles. The minimum absolute atomic E-state index is 0.219. The Morgan fingerprint density at radius 2 is 2.11 bits per heavy atom. The maximum absolute atomic E-state index is 12.1. The molecule has 0 amide bonds. The number of hydrogen-bond donors (Lipinski definition) is 2. The monoisotopic (exact) mass is 289 g/mol. The van der Waals surface area contributed by atoms with Crippen LogP contribution in [0.1, 0.15) is 18.4 Å². The Labute approximate surface area is 115 Å². The molecule has 0 aromatic carbocycles. The van der Waals surface area contributed by atoms with Gasteiger partial charge in [-0.3, -0.25) is 0 Å². The Morgan fingerprint density at radius 1 is 1.42 bits per heavy atom. The number of furan rings is 1. The van der Waals surface area contributed by atoms with E-state index in [4.69, 9.17) is 4.42 Å². The standard InChI is InChI=1S/C12H23N3O3S/c1-5-15(4)7-6-14-19(16,17)12-8-11(9-13-3)18-10(12)2/h8,13-14H,5-7,9H2,1-4H3. The summed E-state index contributed by atoms with van der Waals surface area (Å²) in [5, 5.41) is 2.93. The summed E-state index contributed by atoms with van der Waals surface area (Å²) >= 11 is 0. The number of likely N-dealkylation sites (N-methyl/N-ethyl adjacent to an activating group) is 1. The van der Waals surface area contributed by atoms with E-state index < -0.39 is 10.0 Å². The zero-order valence-corrected chi connectivity index (χ0v) is 12.8. The molecule has 0 atom stereocenters. The van der Waals surface area contributed by atoms with Crippen molar-refractivity contribution < 1.29 is 12.8 Å². The number of nitrogens with zero attached hydrogens (tertiary/aromatic N) is 1. The van der Waals surface area contributed by atoms with Crippen molar-refractivity contribution in [3.8, 4) is 0 Å². The summed E-state index contributed by atoms with van der Waals surface area (Å²) < 4.78 is 32.2. The summed E-state index contributed by atoms with van der Waals surface area (Å²) in [6.45, 7) is 6.15. The van der Waals surface area contributed by atoms with Crippen LogP contribution in [0.15, 0.2) is 15.4 Å². The Hall–Kier alpha value is -0.890. The van der Waals surface area contributed by atoms with Gasteiger partial charge in [0.25, 0.3) is 0 Å². The first-order valence-corrected chi connectivity index (χ1v) is 7.81. The molecule has 7 heteroatoms. The van der Waals surface area contributed by atoms with Crippen LogP contribution in [0, 0.1) is 6.92 Å². The average Bonchev–Trinajstić information content (AvgIpc) is 2.71. The molecule has 0 unspecified atom stereocenters. The van der Waals surface area contributed by atoms with E-state index in [2.05, 4.69) is 10.0 Å². The van der Waals surface area contributed by atoms with Crippen LogP contribution in [-0.4, -0.2) is 47.0 Å². The molecular weight excluding hydrogens is 266 g/mol. The molecule has 0 aliphatic heterocycles. The first-order chi connectivity index (χ1) is 8.90. The van der Waals surface area contributed by atoms with Gasteiger partial charge in [0.15, 0.2) is 0 Å². The second-order valence-corrected chi connectivity index (χ2v) is 6.19. The molecule has 6 nitrogen and oxygen atoms in total. The third-order valence-electron chi connectivity index (χ3n) is 2.89. The fourth-order valence-electron chi connectivity index (χ4n) is 1.66. The summed E-state index contributed by atoms with van der Waals surface area (Å²) in [6.07, 6.45) is 0. The van der Waals surface area contributed by atoms with Crippen LogP contribution in [0.4, 0.5) is 0 Å². The number of hydrogen-bond acceptors (Lipinski definition) is 5. The first kappa shape index (κ1) is 16.2. The van der Waals surface area contributed by atoms with Crippen molar-refractivity contribution in [2.24, 2.45) is 0 Å². The van der Waals surface area contributed by atoms with Crippen LogP contribution in [-0.2, 0) is 16.6 Å². The van der Waals surface area contributed by atoms with E-state index in [9.17, 15) is 8.42 Å². The summed E-state index contributed by atoms with van der Waals surface area (Å²) in [6, 6.07) is 1.57. The van der Waals surface area contributed by atoms with Gasteiger partial charge in [0.05, 0.1) is 6.54 Å². The molecular formula is C12H23N3O3S. The van der Waals surface area contributed by atoms with Crippen LogP contribution < -0.4 is 10.0 Å². The molecule has 1 rings (SSSR count). The maximum Gasteiger partial charge on any atom is 0.244 e. The molecule has 1 aromatic heterocycles. The fourth-order valence-corrected chi connectivity index (χ4v) is 2.88. The van der Waals surface area contributed by atoms with Gasteiger partial charge in [0.2, 0.25) is 10.0 Å². The van der Waals surface area contributed by atoms with Gasteiger partial charge in [-0.1, -0.05) is 6.92 Å². The predicted octanol–water partition coefficient (Wildman–Crippen LogP) is 0.537. The van der Waals surface area contributed by atoms with Crippen LogP contribution in [0.25, 0.3) is 0 Å². The van der Waals surface area contributed by atoms with Gasteiger partial charge >= 0.3 is 0 Å². The highest BCUT2D eigenvalue weighted by Crippen LogP contribution is 2.19. The summed E-state index contributed by atoms with van der Waals surface area (Å²) in [7, 11) is 0.239. The lowest BCUT2D eigenvalue weighted by molar-refractivity contribution is 0.358. The summed E-state index contributed by atoms with van der Waals surface area (Å²) in [5.74, 6) is 1.03. The van der Waals surface area contributed by atoms with Crippen LogP contribution in [0.5, 0.6) is 0 Å². The van der Waals surface area contributed by atoms with Gasteiger partial charge < -0.3 is 14.6 Å². The molecule has 19 heavy (non-hydrogen) atoms. The van der Waals surface area contributed by atoms with Crippen molar-refractivity contribution >= 4 is 10.0 Å². The largest absolute Gasteiger partial charge is 0.464 e. The Kier molecular flexibility index (Phi) is 5.99. The highest BCUT2D eigenvalue weighted by Gasteiger charge is 2.20. The van der Waals surface area contributed by atoms with Crippen molar-refractivity contribution in [2.45, 2.75) is 25.3 Å². The van der Waals surface area contributed by atoms with E-state index in [0.29, 0.717) is 31.2 Å². The van der Waals surface area contributed by atoms with E-state index in [0.717, 1.165) is 6.54 Å². The van der Waals surface area contributed by atoms with Gasteiger partial charge in [0.1, 0.15) is 16.4 Å². The molecule has 0 fully saturated rings. The molecule has 0 aliphatic rings. The Bertz CT molecular complexity index is 496. The van der Waals surface area contributed by atoms with Crippen LogP contribution in [0.2, 0.25) is 0 Å². The third-order valence-corrected chi connectivity index (χ3v) is 4.46. The average molecular weight is 289 g/mol. The van der Waals surface area contributed by atoms with E-state index in [-0.39, 0.29) is 4.90 Å². The Balaban J connectivity index is 2.71. The summed E-state index contributed by atoms with van der Waals surface area (Å²) in [5.41, 5.74) is 0. The first-order valence-electron chi connectivity index (χ1n) is 6.32. The van der Waals surface area contributed by atoms with Gasteiger partial charge in [0, 0.05) is 19.2 Å². The zero-order valence-electron chi connectivity index (χ0n) is 12.0. The van der Waals surface area contributed by atoms with Crippen LogP contribution >= 0.6 is 0 Å². The quantitative estimate of drug-likeness (QED) is 0.730. The normalized spacial score (nSPS) is 12.3. The fraction of sp³-hybridized carbons (Fsp3) is 0.667. The van der Waals surface area contributed by atoms with Crippen molar-refractivity contribution in [2.75, 3.05) is 33.7 Å². The molecule has 0 saturated heterocycles. The lowest BCUT2D eigenvalue weighted by atomic mass is 10.4.